The highest BCUT2D eigenvalue weighted by atomic mass is 35.5. The first-order valence-electron chi connectivity index (χ1n) is 6.80. The molecule has 0 saturated carbocycles. The van der Waals surface area contributed by atoms with Gasteiger partial charge < -0.3 is 16.4 Å². The van der Waals surface area contributed by atoms with Crippen LogP contribution >= 0.6 is 12.4 Å². The van der Waals surface area contributed by atoms with Gasteiger partial charge in [0.05, 0.1) is 11.4 Å². The van der Waals surface area contributed by atoms with Crippen molar-refractivity contribution >= 4 is 39.9 Å². The minimum absolute atomic E-state index is 0. The van der Waals surface area contributed by atoms with E-state index in [-0.39, 0.29) is 61.7 Å². The summed E-state index contributed by atoms with van der Waals surface area (Å²) in [6, 6.07) is 5.93. The first-order chi connectivity index (χ1) is 10.4. The summed E-state index contributed by atoms with van der Waals surface area (Å²) >= 11 is 0. The third-order valence-corrected chi connectivity index (χ3v) is 4.97. The average Bonchev–Trinajstić information content (AvgIpc) is 2.47. The minimum atomic E-state index is -3.77. The quantitative estimate of drug-likeness (QED) is 0.653. The highest BCUT2D eigenvalue weighted by molar-refractivity contribution is 7.89. The van der Waals surface area contributed by atoms with Crippen molar-refractivity contribution in [2.45, 2.75) is 11.3 Å². The largest absolute Gasteiger partial charge is 0.354 e. The van der Waals surface area contributed by atoms with Gasteiger partial charge in [0, 0.05) is 31.7 Å². The van der Waals surface area contributed by atoms with Gasteiger partial charge >= 0.3 is 0 Å². The van der Waals surface area contributed by atoms with Crippen LogP contribution in [0.5, 0.6) is 0 Å². The van der Waals surface area contributed by atoms with Crippen LogP contribution in [-0.2, 0) is 19.6 Å². The first kappa shape index (κ1) is 19.4. The lowest BCUT2D eigenvalue weighted by Gasteiger charge is -2.26. The van der Waals surface area contributed by atoms with E-state index >= 15 is 0 Å². The van der Waals surface area contributed by atoms with Gasteiger partial charge in [-0.15, -0.1) is 12.4 Å². The third-order valence-electron chi connectivity index (χ3n) is 3.13. The van der Waals surface area contributed by atoms with E-state index in [9.17, 15) is 18.0 Å². The molecule has 8 nitrogen and oxygen atoms in total. The monoisotopic (exact) mass is 362 g/mol. The molecule has 2 rings (SSSR count). The number of anilines is 1. The molecule has 1 aliphatic rings. The van der Waals surface area contributed by atoms with Crippen LogP contribution in [0.25, 0.3) is 0 Å². The van der Waals surface area contributed by atoms with E-state index in [1.165, 1.54) is 18.2 Å². The molecular weight excluding hydrogens is 344 g/mol. The van der Waals surface area contributed by atoms with Crippen LogP contribution in [0.2, 0.25) is 0 Å². The smallest absolute Gasteiger partial charge is 0.243 e. The van der Waals surface area contributed by atoms with Gasteiger partial charge in [-0.3, -0.25) is 9.59 Å². The Morgan fingerprint density at radius 2 is 2.13 bits per heavy atom. The number of nitrogens with one attached hydrogen (secondary N) is 2. The molecule has 0 aromatic heterocycles. The van der Waals surface area contributed by atoms with Crippen LogP contribution in [0, 0.1) is 0 Å². The fourth-order valence-electron chi connectivity index (χ4n) is 2.06. The van der Waals surface area contributed by atoms with Gasteiger partial charge in [-0.25, -0.2) is 8.42 Å². The molecule has 0 unspecified atom stereocenters. The molecule has 4 N–H and O–H groups in total. The van der Waals surface area contributed by atoms with Crippen LogP contribution in [0.4, 0.5) is 5.69 Å². The number of carbonyl (C=O) groups is 2. The normalized spacial score (nSPS) is 15.4. The molecule has 2 amide bonds. The predicted molar refractivity (Wildman–Crippen MR) is 87.8 cm³/mol. The summed E-state index contributed by atoms with van der Waals surface area (Å²) < 4.78 is 26.1. The molecule has 0 atom stereocenters. The topological polar surface area (TPSA) is 122 Å². The molecule has 0 spiro atoms. The number of piperazine rings is 1. The van der Waals surface area contributed by atoms with Crippen molar-refractivity contribution in [1.82, 2.24) is 9.62 Å². The zero-order valence-corrected chi connectivity index (χ0v) is 14.0. The molecule has 0 bridgehead atoms. The molecule has 1 aliphatic heterocycles. The first-order valence-corrected chi connectivity index (χ1v) is 8.24. The number of nitrogens with two attached hydrogens (primary N) is 1. The number of amides is 2. The Morgan fingerprint density at radius 3 is 2.78 bits per heavy atom. The van der Waals surface area contributed by atoms with E-state index in [0.717, 1.165) is 4.31 Å². The average molecular weight is 363 g/mol. The van der Waals surface area contributed by atoms with Crippen LogP contribution in [0.1, 0.15) is 6.42 Å². The van der Waals surface area contributed by atoms with Gasteiger partial charge in [0.2, 0.25) is 21.8 Å². The van der Waals surface area contributed by atoms with Crippen molar-refractivity contribution < 1.29 is 18.0 Å². The molecule has 1 fully saturated rings. The number of sulfonamides is 1. The minimum Gasteiger partial charge on any atom is -0.354 e. The Morgan fingerprint density at radius 1 is 1.39 bits per heavy atom. The fourth-order valence-corrected chi connectivity index (χ4v) is 3.50. The summed E-state index contributed by atoms with van der Waals surface area (Å²) in [6.45, 7) is 0.516. The zero-order valence-electron chi connectivity index (χ0n) is 12.3. The second-order valence-corrected chi connectivity index (χ2v) is 6.74. The Labute approximate surface area is 140 Å². The summed E-state index contributed by atoms with van der Waals surface area (Å²) in [5.74, 6) is -0.614. The molecule has 1 aromatic rings. The molecule has 0 radical (unpaired) electrons. The summed E-state index contributed by atoms with van der Waals surface area (Å²) in [7, 11) is -3.77. The maximum absolute atomic E-state index is 12.5. The van der Waals surface area contributed by atoms with Crippen molar-refractivity contribution in [3.63, 3.8) is 0 Å². The molecule has 128 valence electrons. The Kier molecular flexibility index (Phi) is 6.95. The van der Waals surface area contributed by atoms with Crippen molar-refractivity contribution in [1.29, 1.82) is 0 Å². The van der Waals surface area contributed by atoms with Crippen molar-refractivity contribution in [3.05, 3.63) is 24.3 Å². The highest BCUT2D eigenvalue weighted by Crippen LogP contribution is 2.20. The molecule has 10 heteroatoms. The number of carbonyl (C=O) groups excluding carboxylic acids is 2. The lowest BCUT2D eigenvalue weighted by atomic mass is 10.3. The number of hydrogen-bond acceptors (Lipinski definition) is 5. The van der Waals surface area contributed by atoms with E-state index in [0.29, 0.717) is 5.69 Å². The summed E-state index contributed by atoms with van der Waals surface area (Å²) in [4.78, 5) is 22.9. The fraction of sp³-hybridized carbons (Fsp3) is 0.385. The summed E-state index contributed by atoms with van der Waals surface area (Å²) in [5, 5.41) is 5.16. The number of rotatable bonds is 5. The molecule has 23 heavy (non-hydrogen) atoms. The molecule has 1 aromatic carbocycles. The van der Waals surface area contributed by atoms with Gasteiger partial charge in [0.15, 0.2) is 0 Å². The standard InChI is InChI=1S/C13H18N4O4S.ClH/c14-5-4-12(18)16-10-2-1-3-11(8-10)22(20,21)17-7-6-15-13(19)9-17;/h1-3,8H,4-7,9,14H2,(H,15,19)(H,16,18);1H. The Bertz CT molecular complexity index is 680. The second kappa shape index (κ2) is 8.25. The van der Waals surface area contributed by atoms with E-state index in [4.69, 9.17) is 5.73 Å². The second-order valence-electron chi connectivity index (χ2n) is 4.80. The van der Waals surface area contributed by atoms with Crippen LogP contribution in [0.3, 0.4) is 0 Å². The Balaban J connectivity index is 0.00000264. The lowest BCUT2D eigenvalue weighted by molar-refractivity contribution is -0.122. The van der Waals surface area contributed by atoms with Gasteiger partial charge in [0.1, 0.15) is 0 Å². The molecule has 1 saturated heterocycles. The van der Waals surface area contributed by atoms with Gasteiger partial charge in [-0.2, -0.15) is 4.31 Å². The van der Waals surface area contributed by atoms with Gasteiger partial charge in [-0.1, -0.05) is 6.07 Å². The predicted octanol–water partition coefficient (Wildman–Crippen LogP) is -0.484. The maximum Gasteiger partial charge on any atom is 0.243 e. The highest BCUT2D eigenvalue weighted by Gasteiger charge is 2.29. The van der Waals surface area contributed by atoms with Crippen LogP contribution < -0.4 is 16.4 Å². The number of benzene rings is 1. The van der Waals surface area contributed by atoms with Crippen LogP contribution in [-0.4, -0.2) is 50.7 Å². The van der Waals surface area contributed by atoms with E-state index < -0.39 is 10.0 Å². The van der Waals surface area contributed by atoms with Crippen molar-refractivity contribution in [2.75, 3.05) is 31.5 Å². The molecule has 1 heterocycles. The number of hydrogen-bond donors (Lipinski definition) is 3. The van der Waals surface area contributed by atoms with E-state index in [1.54, 1.807) is 6.07 Å². The van der Waals surface area contributed by atoms with Gasteiger partial charge in [-0.05, 0) is 18.2 Å². The maximum atomic E-state index is 12.5. The van der Waals surface area contributed by atoms with Crippen molar-refractivity contribution in [3.8, 4) is 0 Å². The Hall–Kier alpha value is -1.68. The van der Waals surface area contributed by atoms with Gasteiger partial charge in [0.25, 0.3) is 0 Å². The summed E-state index contributed by atoms with van der Waals surface area (Å²) in [6.07, 6.45) is 0.156. The zero-order chi connectivity index (χ0) is 16.2. The SMILES string of the molecule is Cl.NCCC(=O)Nc1cccc(S(=O)(=O)N2CCNC(=O)C2)c1. The number of nitrogens with zero attached hydrogens (tertiary/aromatic N) is 1. The third kappa shape index (κ3) is 4.90. The van der Waals surface area contributed by atoms with E-state index in [2.05, 4.69) is 10.6 Å². The summed E-state index contributed by atoms with van der Waals surface area (Å²) in [5.41, 5.74) is 5.67. The van der Waals surface area contributed by atoms with Crippen LogP contribution in [0.15, 0.2) is 29.2 Å². The molecule has 0 aliphatic carbocycles. The van der Waals surface area contributed by atoms with E-state index in [1.807, 2.05) is 0 Å². The molecular formula is C13H19ClN4O4S. The number of halogens is 1. The lowest BCUT2D eigenvalue weighted by Crippen LogP contribution is -2.49. The van der Waals surface area contributed by atoms with Crippen molar-refractivity contribution in [2.24, 2.45) is 5.73 Å².